The molecule has 0 radical (unpaired) electrons. The molecule has 0 N–H and O–H groups in total. The van der Waals surface area contributed by atoms with Gasteiger partial charge in [0.2, 0.25) is 5.91 Å². The number of anilines is 1. The van der Waals surface area contributed by atoms with E-state index in [1.54, 1.807) is 6.92 Å². The molecular formula is C12H15FN2O3S. The topological polar surface area (TPSA) is 67.3 Å². The van der Waals surface area contributed by atoms with E-state index in [-0.39, 0.29) is 13.0 Å². The van der Waals surface area contributed by atoms with Crippen LogP contribution < -0.4 is 4.90 Å². The molecule has 0 spiro atoms. The van der Waals surface area contributed by atoms with Crippen LogP contribution >= 0.6 is 0 Å². The van der Waals surface area contributed by atoms with E-state index in [1.807, 2.05) is 19.1 Å². The number of halogens is 1. The molecule has 0 aromatic carbocycles. The van der Waals surface area contributed by atoms with Crippen molar-refractivity contribution in [3.63, 3.8) is 0 Å². The van der Waals surface area contributed by atoms with Gasteiger partial charge >= 0.3 is 10.2 Å². The lowest BCUT2D eigenvalue weighted by molar-refractivity contribution is -0.117. The molecule has 2 rings (SSSR count). The average Bonchev–Trinajstić information content (AvgIpc) is 2.71. The molecule has 5 nitrogen and oxygen atoms in total. The summed E-state index contributed by atoms with van der Waals surface area (Å²) in [5, 5.41) is -1.29. The summed E-state index contributed by atoms with van der Waals surface area (Å²) >= 11 is 0. The molecule has 1 atom stereocenters. The van der Waals surface area contributed by atoms with E-state index in [0.29, 0.717) is 12.2 Å². The monoisotopic (exact) mass is 286 g/mol. The lowest BCUT2D eigenvalue weighted by Crippen LogP contribution is -2.28. The van der Waals surface area contributed by atoms with Crippen molar-refractivity contribution in [3.05, 3.63) is 23.4 Å². The van der Waals surface area contributed by atoms with Gasteiger partial charge in [-0.25, -0.2) is 4.98 Å². The third kappa shape index (κ3) is 2.75. The van der Waals surface area contributed by atoms with Gasteiger partial charge in [-0.05, 0) is 25.0 Å². The fourth-order valence-electron chi connectivity index (χ4n) is 2.15. The molecule has 1 aromatic heterocycles. The Morgan fingerprint density at radius 3 is 2.68 bits per heavy atom. The third-order valence-electron chi connectivity index (χ3n) is 3.22. The Morgan fingerprint density at radius 1 is 1.47 bits per heavy atom. The molecule has 1 unspecified atom stereocenters. The second kappa shape index (κ2) is 4.88. The van der Waals surface area contributed by atoms with E-state index in [1.165, 1.54) is 4.90 Å². The summed E-state index contributed by atoms with van der Waals surface area (Å²) in [7, 11) is -4.70. The number of aryl methyl sites for hydroxylation is 2. The number of nitrogens with zero attached hydrogens (tertiary/aromatic N) is 2. The van der Waals surface area contributed by atoms with Crippen LogP contribution in [0.25, 0.3) is 0 Å². The van der Waals surface area contributed by atoms with Gasteiger partial charge in [0.25, 0.3) is 0 Å². The Hall–Kier alpha value is -1.50. The first kappa shape index (κ1) is 13.9. The van der Waals surface area contributed by atoms with Crippen molar-refractivity contribution in [2.24, 2.45) is 0 Å². The Kier molecular flexibility index (Phi) is 3.58. The van der Waals surface area contributed by atoms with Crippen molar-refractivity contribution in [1.29, 1.82) is 0 Å². The van der Waals surface area contributed by atoms with Crippen molar-refractivity contribution < 1.29 is 17.1 Å². The molecule has 0 saturated carbocycles. The van der Waals surface area contributed by atoms with Crippen LogP contribution in [-0.4, -0.2) is 31.1 Å². The quantitative estimate of drug-likeness (QED) is 0.787. The zero-order valence-electron chi connectivity index (χ0n) is 10.8. The minimum absolute atomic E-state index is 0.166. The normalized spacial score (nSPS) is 20.1. The third-order valence-corrected chi connectivity index (χ3v) is 4.33. The largest absolute Gasteiger partial charge is 0.307 e. The summed E-state index contributed by atoms with van der Waals surface area (Å²) < 4.78 is 34.8. The van der Waals surface area contributed by atoms with Gasteiger partial charge < -0.3 is 0 Å². The van der Waals surface area contributed by atoms with Crippen LogP contribution in [0.2, 0.25) is 0 Å². The SMILES string of the molecule is CCc1ccc(C)nc1N1CC(S(=O)(=O)F)CC1=O. The van der Waals surface area contributed by atoms with Crippen LogP contribution in [0, 0.1) is 6.92 Å². The Morgan fingerprint density at radius 2 is 2.16 bits per heavy atom. The van der Waals surface area contributed by atoms with Gasteiger partial charge in [-0.15, -0.1) is 3.89 Å². The van der Waals surface area contributed by atoms with Gasteiger partial charge in [-0.2, -0.15) is 8.42 Å². The van der Waals surface area contributed by atoms with Crippen LogP contribution in [0.1, 0.15) is 24.6 Å². The highest BCUT2D eigenvalue weighted by Gasteiger charge is 2.40. The molecule has 1 aliphatic rings. The predicted molar refractivity (Wildman–Crippen MR) is 69.1 cm³/mol. The van der Waals surface area contributed by atoms with Crippen molar-refractivity contribution in [2.75, 3.05) is 11.4 Å². The molecule has 7 heteroatoms. The summed E-state index contributed by atoms with van der Waals surface area (Å²) in [4.78, 5) is 17.4. The minimum atomic E-state index is -4.70. The average molecular weight is 286 g/mol. The summed E-state index contributed by atoms with van der Waals surface area (Å²) in [5.41, 5.74) is 1.57. The van der Waals surface area contributed by atoms with Crippen LogP contribution in [0.5, 0.6) is 0 Å². The number of pyridine rings is 1. The van der Waals surface area contributed by atoms with Crippen LogP contribution in [0.4, 0.5) is 9.70 Å². The molecule has 1 fully saturated rings. The summed E-state index contributed by atoms with van der Waals surface area (Å²) in [6, 6.07) is 3.68. The number of rotatable bonds is 3. The lowest BCUT2D eigenvalue weighted by Gasteiger charge is -2.18. The van der Waals surface area contributed by atoms with E-state index in [9.17, 15) is 17.1 Å². The maximum absolute atomic E-state index is 13.0. The predicted octanol–water partition coefficient (Wildman–Crippen LogP) is 1.36. The highest BCUT2D eigenvalue weighted by atomic mass is 32.3. The summed E-state index contributed by atoms with van der Waals surface area (Å²) in [6.45, 7) is 3.54. The second-order valence-corrected chi connectivity index (χ2v) is 6.21. The molecule has 19 heavy (non-hydrogen) atoms. The summed E-state index contributed by atoms with van der Waals surface area (Å²) in [5.74, 6) is 0.0395. The number of aromatic nitrogens is 1. The standard InChI is InChI=1S/C12H15FN2O3S/c1-3-9-5-4-8(2)14-12(9)15-7-10(6-11(15)16)19(13,17)18/h4-5,10H,3,6-7H2,1-2H3. The summed E-state index contributed by atoms with van der Waals surface area (Å²) in [6.07, 6.45) is 0.344. The Balaban J connectivity index is 2.38. The second-order valence-electron chi connectivity index (χ2n) is 4.59. The zero-order valence-corrected chi connectivity index (χ0v) is 11.6. The van der Waals surface area contributed by atoms with Crippen molar-refractivity contribution in [3.8, 4) is 0 Å². The van der Waals surface area contributed by atoms with E-state index < -0.39 is 21.4 Å². The van der Waals surface area contributed by atoms with Gasteiger partial charge in [0.15, 0.2) is 0 Å². The number of carbonyl (C=O) groups is 1. The van der Waals surface area contributed by atoms with Crippen LogP contribution in [-0.2, 0) is 21.4 Å². The first-order valence-corrected chi connectivity index (χ1v) is 7.48. The van der Waals surface area contributed by atoms with Gasteiger partial charge in [0.05, 0.1) is 0 Å². The van der Waals surface area contributed by atoms with Crippen LogP contribution in [0.15, 0.2) is 12.1 Å². The first-order chi connectivity index (χ1) is 8.82. The molecule has 0 bridgehead atoms. The zero-order chi connectivity index (χ0) is 14.2. The number of carbonyl (C=O) groups excluding carboxylic acids is 1. The number of hydrogen-bond donors (Lipinski definition) is 0. The van der Waals surface area contributed by atoms with Gasteiger partial charge in [0.1, 0.15) is 11.1 Å². The van der Waals surface area contributed by atoms with Crippen LogP contribution in [0.3, 0.4) is 0 Å². The van der Waals surface area contributed by atoms with E-state index in [2.05, 4.69) is 4.98 Å². The Bertz CT molecular complexity index is 615. The van der Waals surface area contributed by atoms with Gasteiger partial charge in [0, 0.05) is 18.7 Å². The lowest BCUT2D eigenvalue weighted by atomic mass is 10.2. The molecule has 2 heterocycles. The van der Waals surface area contributed by atoms with Gasteiger partial charge in [-0.3, -0.25) is 9.69 Å². The molecule has 1 amide bonds. The Labute approximate surface area is 111 Å². The fraction of sp³-hybridized carbons (Fsp3) is 0.500. The van der Waals surface area contributed by atoms with Crippen molar-refractivity contribution in [1.82, 2.24) is 4.98 Å². The highest BCUT2D eigenvalue weighted by Crippen LogP contribution is 2.27. The number of amides is 1. The highest BCUT2D eigenvalue weighted by molar-refractivity contribution is 7.87. The molecule has 1 aromatic rings. The molecule has 1 saturated heterocycles. The van der Waals surface area contributed by atoms with Crippen molar-refractivity contribution >= 4 is 21.9 Å². The van der Waals surface area contributed by atoms with Crippen molar-refractivity contribution in [2.45, 2.75) is 31.9 Å². The smallest absolute Gasteiger partial charge is 0.295 e. The maximum atomic E-state index is 13.0. The van der Waals surface area contributed by atoms with E-state index >= 15 is 0 Å². The molecular weight excluding hydrogens is 271 g/mol. The number of hydrogen-bond acceptors (Lipinski definition) is 4. The van der Waals surface area contributed by atoms with E-state index in [0.717, 1.165) is 11.3 Å². The molecule has 1 aliphatic heterocycles. The fourth-order valence-corrected chi connectivity index (χ4v) is 2.82. The van der Waals surface area contributed by atoms with Gasteiger partial charge in [-0.1, -0.05) is 13.0 Å². The van der Waals surface area contributed by atoms with E-state index in [4.69, 9.17) is 0 Å². The minimum Gasteiger partial charge on any atom is -0.295 e. The molecule has 104 valence electrons. The molecule has 0 aliphatic carbocycles. The maximum Gasteiger partial charge on any atom is 0.307 e. The first-order valence-electron chi connectivity index (χ1n) is 6.03.